The highest BCUT2D eigenvalue weighted by Gasteiger charge is 2.25. The van der Waals surface area contributed by atoms with E-state index in [1.807, 2.05) is 0 Å². The van der Waals surface area contributed by atoms with E-state index in [-0.39, 0.29) is 0 Å². The Morgan fingerprint density at radius 3 is 2.88 bits per heavy atom. The smallest absolute Gasteiger partial charge is 0.0409 e. The van der Waals surface area contributed by atoms with Gasteiger partial charge in [-0.25, -0.2) is 0 Å². The van der Waals surface area contributed by atoms with Crippen molar-refractivity contribution in [3.8, 4) is 0 Å². The van der Waals surface area contributed by atoms with Crippen LogP contribution < -0.4 is 10.6 Å². The Morgan fingerprint density at radius 1 is 1.44 bits per heavy atom. The highest BCUT2D eigenvalue weighted by molar-refractivity contribution is 5.56. The first-order chi connectivity index (χ1) is 7.76. The zero-order valence-electron chi connectivity index (χ0n) is 10.3. The van der Waals surface area contributed by atoms with Gasteiger partial charge in [-0.05, 0) is 30.4 Å². The van der Waals surface area contributed by atoms with Crippen molar-refractivity contribution in [1.29, 1.82) is 0 Å². The minimum Gasteiger partial charge on any atom is -0.367 e. The maximum atomic E-state index is 5.88. The summed E-state index contributed by atoms with van der Waals surface area (Å²) in [5, 5.41) is 0. The number of nitrogens with zero attached hydrogens (tertiary/aromatic N) is 1. The van der Waals surface area contributed by atoms with Crippen LogP contribution >= 0.6 is 0 Å². The molecular weight excluding hydrogens is 196 g/mol. The highest BCUT2D eigenvalue weighted by atomic mass is 15.2. The van der Waals surface area contributed by atoms with Crippen LogP contribution in [0.4, 0.5) is 5.69 Å². The SMILES string of the molecule is CCC(CN)N1CC(C)Cc2ccccc21. The van der Waals surface area contributed by atoms with Crippen LogP contribution in [-0.4, -0.2) is 19.1 Å². The zero-order valence-corrected chi connectivity index (χ0v) is 10.3. The standard InChI is InChI=1S/C14H22N2/c1-3-13(9-15)16-10-11(2)8-12-6-4-5-7-14(12)16/h4-7,11,13H,3,8-10,15H2,1-2H3. The molecule has 1 heterocycles. The van der Waals surface area contributed by atoms with Gasteiger partial charge in [-0.1, -0.05) is 32.0 Å². The molecule has 0 spiro atoms. The van der Waals surface area contributed by atoms with Gasteiger partial charge in [0.1, 0.15) is 0 Å². The fourth-order valence-electron chi connectivity index (χ4n) is 2.70. The summed E-state index contributed by atoms with van der Waals surface area (Å²) in [5.74, 6) is 0.732. The molecule has 2 rings (SSSR count). The van der Waals surface area contributed by atoms with Crippen LogP contribution in [0.2, 0.25) is 0 Å². The Kier molecular flexibility index (Phi) is 3.49. The van der Waals surface area contributed by atoms with Gasteiger partial charge in [-0.3, -0.25) is 0 Å². The van der Waals surface area contributed by atoms with Gasteiger partial charge in [-0.15, -0.1) is 0 Å². The van der Waals surface area contributed by atoms with Crippen molar-refractivity contribution in [2.45, 2.75) is 32.7 Å². The molecule has 0 aliphatic carbocycles. The van der Waals surface area contributed by atoms with Gasteiger partial charge >= 0.3 is 0 Å². The third-order valence-electron chi connectivity index (χ3n) is 3.56. The number of anilines is 1. The van der Waals surface area contributed by atoms with Crippen LogP contribution in [0.5, 0.6) is 0 Å². The zero-order chi connectivity index (χ0) is 11.5. The number of fused-ring (bicyclic) bond motifs is 1. The molecular formula is C14H22N2. The maximum Gasteiger partial charge on any atom is 0.0409 e. The molecule has 0 fully saturated rings. The summed E-state index contributed by atoms with van der Waals surface area (Å²) in [6.07, 6.45) is 2.32. The van der Waals surface area contributed by atoms with Crippen LogP contribution in [0.25, 0.3) is 0 Å². The second-order valence-electron chi connectivity index (χ2n) is 4.89. The lowest BCUT2D eigenvalue weighted by molar-refractivity contribution is 0.475. The van der Waals surface area contributed by atoms with Gasteiger partial charge in [0.15, 0.2) is 0 Å². The fourth-order valence-corrected chi connectivity index (χ4v) is 2.70. The number of para-hydroxylation sites is 1. The second-order valence-corrected chi connectivity index (χ2v) is 4.89. The monoisotopic (exact) mass is 218 g/mol. The third-order valence-corrected chi connectivity index (χ3v) is 3.56. The normalized spacial score (nSPS) is 21.7. The lowest BCUT2D eigenvalue weighted by atomic mass is 9.92. The van der Waals surface area contributed by atoms with Crippen LogP contribution in [0.15, 0.2) is 24.3 Å². The summed E-state index contributed by atoms with van der Waals surface area (Å²) < 4.78 is 0. The average Bonchev–Trinajstić information content (AvgIpc) is 2.30. The van der Waals surface area contributed by atoms with Crippen molar-refractivity contribution in [2.75, 3.05) is 18.0 Å². The first-order valence-electron chi connectivity index (χ1n) is 6.30. The van der Waals surface area contributed by atoms with Gasteiger partial charge in [0, 0.05) is 24.8 Å². The Hall–Kier alpha value is -1.02. The van der Waals surface area contributed by atoms with Crippen molar-refractivity contribution in [3.63, 3.8) is 0 Å². The Morgan fingerprint density at radius 2 is 2.19 bits per heavy atom. The number of hydrogen-bond acceptors (Lipinski definition) is 2. The molecule has 2 nitrogen and oxygen atoms in total. The average molecular weight is 218 g/mol. The Bertz CT molecular complexity index is 344. The molecule has 1 aliphatic heterocycles. The molecule has 0 aromatic heterocycles. The summed E-state index contributed by atoms with van der Waals surface area (Å²) in [5.41, 5.74) is 8.76. The minimum atomic E-state index is 0.490. The quantitative estimate of drug-likeness (QED) is 0.844. The van der Waals surface area contributed by atoms with Crippen LogP contribution in [0, 0.1) is 5.92 Å². The molecule has 2 atom stereocenters. The Balaban J connectivity index is 2.32. The number of rotatable bonds is 3. The molecule has 2 N–H and O–H groups in total. The van der Waals surface area contributed by atoms with Crippen molar-refractivity contribution in [2.24, 2.45) is 11.7 Å². The lowest BCUT2D eigenvalue weighted by Gasteiger charge is -2.39. The summed E-state index contributed by atoms with van der Waals surface area (Å²) >= 11 is 0. The molecule has 0 amide bonds. The van der Waals surface area contributed by atoms with Crippen LogP contribution in [0.3, 0.4) is 0 Å². The van der Waals surface area contributed by atoms with E-state index < -0.39 is 0 Å². The lowest BCUT2D eigenvalue weighted by Crippen LogP contribution is -2.45. The predicted octanol–water partition coefficient (Wildman–Crippen LogP) is 2.42. The molecule has 0 saturated heterocycles. The summed E-state index contributed by atoms with van der Waals surface area (Å²) in [6.45, 7) is 6.44. The van der Waals surface area contributed by atoms with E-state index in [9.17, 15) is 0 Å². The van der Waals surface area contributed by atoms with Crippen molar-refractivity contribution in [1.82, 2.24) is 0 Å². The number of hydrogen-bond donors (Lipinski definition) is 1. The van der Waals surface area contributed by atoms with Crippen molar-refractivity contribution >= 4 is 5.69 Å². The van der Waals surface area contributed by atoms with Crippen LogP contribution in [0.1, 0.15) is 25.8 Å². The van der Waals surface area contributed by atoms with Crippen molar-refractivity contribution in [3.05, 3.63) is 29.8 Å². The van der Waals surface area contributed by atoms with E-state index in [1.165, 1.54) is 17.7 Å². The molecule has 1 aromatic rings. The first-order valence-corrected chi connectivity index (χ1v) is 6.30. The minimum absolute atomic E-state index is 0.490. The predicted molar refractivity (Wildman–Crippen MR) is 69.8 cm³/mol. The molecule has 0 saturated carbocycles. The molecule has 1 aromatic carbocycles. The molecule has 16 heavy (non-hydrogen) atoms. The fraction of sp³-hybridized carbons (Fsp3) is 0.571. The van der Waals surface area contributed by atoms with E-state index in [4.69, 9.17) is 5.73 Å². The highest BCUT2D eigenvalue weighted by Crippen LogP contribution is 2.31. The first kappa shape index (κ1) is 11.5. The van der Waals surface area contributed by atoms with Gasteiger partial charge in [-0.2, -0.15) is 0 Å². The van der Waals surface area contributed by atoms with E-state index >= 15 is 0 Å². The maximum absolute atomic E-state index is 5.88. The topological polar surface area (TPSA) is 29.3 Å². The largest absolute Gasteiger partial charge is 0.367 e. The van der Waals surface area contributed by atoms with E-state index in [1.54, 1.807) is 0 Å². The third kappa shape index (κ3) is 2.07. The number of nitrogens with two attached hydrogens (primary N) is 1. The van der Waals surface area contributed by atoms with Gasteiger partial charge in [0.05, 0.1) is 0 Å². The molecule has 2 heteroatoms. The van der Waals surface area contributed by atoms with Gasteiger partial charge in [0.2, 0.25) is 0 Å². The summed E-state index contributed by atoms with van der Waals surface area (Å²) in [7, 11) is 0. The molecule has 0 radical (unpaired) electrons. The number of benzene rings is 1. The molecule has 2 unspecified atom stereocenters. The van der Waals surface area contributed by atoms with Crippen LogP contribution in [-0.2, 0) is 6.42 Å². The van der Waals surface area contributed by atoms with E-state index in [0.717, 1.165) is 25.4 Å². The molecule has 88 valence electrons. The van der Waals surface area contributed by atoms with Gasteiger partial charge in [0.25, 0.3) is 0 Å². The van der Waals surface area contributed by atoms with Gasteiger partial charge < -0.3 is 10.6 Å². The molecule has 0 bridgehead atoms. The van der Waals surface area contributed by atoms with E-state index in [0.29, 0.717) is 6.04 Å². The van der Waals surface area contributed by atoms with Crippen molar-refractivity contribution < 1.29 is 0 Å². The Labute approximate surface area is 98.4 Å². The molecule has 1 aliphatic rings. The second kappa shape index (κ2) is 4.88. The summed E-state index contributed by atoms with van der Waals surface area (Å²) in [6, 6.07) is 9.24. The van der Waals surface area contributed by atoms with E-state index in [2.05, 4.69) is 43.0 Å². The summed E-state index contributed by atoms with van der Waals surface area (Å²) in [4.78, 5) is 2.50.